The van der Waals surface area contributed by atoms with E-state index in [-0.39, 0.29) is 41.9 Å². The van der Waals surface area contributed by atoms with Crippen molar-refractivity contribution in [2.45, 2.75) is 62.2 Å². The van der Waals surface area contributed by atoms with Gasteiger partial charge in [0.2, 0.25) is 17.6 Å². The van der Waals surface area contributed by atoms with Crippen molar-refractivity contribution >= 4 is 35.5 Å². The van der Waals surface area contributed by atoms with Crippen LogP contribution in [0, 0.1) is 5.82 Å². The summed E-state index contributed by atoms with van der Waals surface area (Å²) >= 11 is 1.14. The highest BCUT2D eigenvalue weighted by Gasteiger charge is 2.45. The van der Waals surface area contributed by atoms with Crippen LogP contribution < -0.4 is 10.6 Å². The van der Waals surface area contributed by atoms with Gasteiger partial charge in [-0.05, 0) is 38.5 Å². The molecule has 0 radical (unpaired) electrons. The number of nitrogens with zero attached hydrogens (tertiary/aromatic N) is 3. The predicted molar refractivity (Wildman–Crippen MR) is 153 cm³/mol. The number of benzene rings is 2. The zero-order chi connectivity index (χ0) is 31.6. The molecule has 2 aliphatic heterocycles. The molecular formula is C29H30F3N5O6S. The number of anilines is 1. The van der Waals surface area contributed by atoms with Crippen LogP contribution in [0.4, 0.5) is 28.4 Å². The van der Waals surface area contributed by atoms with E-state index >= 15 is 4.39 Å². The van der Waals surface area contributed by atoms with E-state index in [2.05, 4.69) is 20.8 Å². The maximum atomic E-state index is 15.2. The number of aromatic nitrogens is 2. The van der Waals surface area contributed by atoms with E-state index < -0.39 is 60.4 Å². The van der Waals surface area contributed by atoms with Crippen LogP contribution >= 0.6 is 11.8 Å². The number of amides is 3. The number of thioether (sulfide) groups is 1. The number of halogens is 3. The largest absolute Gasteiger partial charge is 0.445 e. The predicted octanol–water partition coefficient (Wildman–Crippen LogP) is 5.57. The van der Waals surface area contributed by atoms with Gasteiger partial charge in [0.05, 0.1) is 23.7 Å². The van der Waals surface area contributed by atoms with Crippen LogP contribution in [0.2, 0.25) is 0 Å². The second kappa shape index (κ2) is 12.4. The number of nitrogens with one attached hydrogen (secondary N) is 2. The number of hydrogen-bond acceptors (Lipinski definition) is 9. The Labute approximate surface area is 254 Å². The van der Waals surface area contributed by atoms with Gasteiger partial charge >= 0.3 is 12.2 Å². The number of alkyl carbamates (subject to hydrolysis) is 1. The lowest BCUT2D eigenvalue weighted by Crippen LogP contribution is -2.49. The molecule has 2 atom stereocenters. The van der Waals surface area contributed by atoms with Crippen LogP contribution in [-0.4, -0.2) is 69.5 Å². The second-order valence-electron chi connectivity index (χ2n) is 11.5. The van der Waals surface area contributed by atoms with E-state index in [4.69, 9.17) is 14.0 Å². The molecule has 234 valence electrons. The average molecular weight is 634 g/mol. The zero-order valence-electron chi connectivity index (χ0n) is 24.1. The van der Waals surface area contributed by atoms with Crippen molar-refractivity contribution in [2.75, 3.05) is 24.2 Å². The lowest BCUT2D eigenvalue weighted by Gasteiger charge is -2.35. The molecule has 0 bridgehead atoms. The summed E-state index contributed by atoms with van der Waals surface area (Å²) in [5.41, 5.74) is 0.0444. The van der Waals surface area contributed by atoms with Gasteiger partial charge in [0.15, 0.2) is 0 Å². The molecule has 3 aromatic rings. The van der Waals surface area contributed by atoms with Crippen molar-refractivity contribution in [3.63, 3.8) is 0 Å². The monoisotopic (exact) mass is 633 g/mol. The van der Waals surface area contributed by atoms with Gasteiger partial charge in [-0.1, -0.05) is 35.5 Å². The molecule has 11 nitrogen and oxygen atoms in total. The third kappa shape index (κ3) is 7.62. The Morgan fingerprint density at radius 3 is 2.70 bits per heavy atom. The van der Waals surface area contributed by atoms with Crippen molar-refractivity contribution in [3.8, 4) is 11.4 Å². The Bertz CT molecular complexity index is 1550. The third-order valence-electron chi connectivity index (χ3n) is 6.64. The standard InChI is InChI=1S/C29H30F3N5O6S/c1-28(2,3)42-26(39)34-21-14-44-22-10-19(30)18(9-20(22)33-24(21)38)23-35-25(43-36-23)17-11-29(31,32)15-37(12-17)27(40)41-13-16-7-5-4-6-8-16/h4-10,17,21H,11-15H2,1-3H3,(H,33,38)(H,34,39)/t17?,21-/m0/s1. The smallest absolute Gasteiger partial charge is 0.410 e. The SMILES string of the molecule is CC(C)(C)OC(=O)N[C@H]1CSc2cc(F)c(-c3noc(C4CN(C(=O)OCc5ccccc5)CC(F)(F)C4)n3)cc2NC1=O. The molecule has 1 saturated heterocycles. The Hall–Kier alpha value is -4.27. The van der Waals surface area contributed by atoms with Gasteiger partial charge in [0, 0.05) is 23.6 Å². The summed E-state index contributed by atoms with van der Waals surface area (Å²) < 4.78 is 60.3. The molecule has 2 aliphatic rings. The molecule has 0 spiro atoms. The summed E-state index contributed by atoms with van der Waals surface area (Å²) in [6.45, 7) is 3.98. The van der Waals surface area contributed by atoms with Gasteiger partial charge in [-0.2, -0.15) is 4.98 Å². The fourth-order valence-electron chi connectivity index (χ4n) is 4.69. The molecule has 0 saturated carbocycles. The molecule has 5 rings (SSSR count). The molecule has 15 heteroatoms. The normalized spacial score (nSPS) is 19.8. The van der Waals surface area contributed by atoms with Gasteiger partial charge in [-0.3, -0.25) is 4.79 Å². The molecular weight excluding hydrogens is 603 g/mol. The minimum atomic E-state index is -3.26. The minimum absolute atomic E-state index is 0.0820. The van der Waals surface area contributed by atoms with Crippen molar-refractivity contribution in [2.24, 2.45) is 0 Å². The highest BCUT2D eigenvalue weighted by Crippen LogP contribution is 2.39. The first-order valence-corrected chi connectivity index (χ1v) is 14.7. The Morgan fingerprint density at radius 2 is 1.98 bits per heavy atom. The molecule has 44 heavy (non-hydrogen) atoms. The first-order chi connectivity index (χ1) is 20.8. The van der Waals surface area contributed by atoms with Crippen LogP contribution in [-0.2, 0) is 20.9 Å². The summed E-state index contributed by atoms with van der Waals surface area (Å²) in [4.78, 5) is 43.1. The molecule has 3 amide bonds. The lowest BCUT2D eigenvalue weighted by molar-refractivity contribution is -0.117. The lowest BCUT2D eigenvalue weighted by atomic mass is 9.95. The van der Waals surface area contributed by atoms with Crippen LogP contribution in [0.15, 0.2) is 51.9 Å². The van der Waals surface area contributed by atoms with E-state index in [0.29, 0.717) is 10.5 Å². The number of carbonyl (C=O) groups excluding carboxylic acids is 3. The van der Waals surface area contributed by atoms with Gasteiger partial charge in [-0.25, -0.2) is 22.8 Å². The number of alkyl halides is 2. The number of ether oxygens (including phenoxy) is 2. The van der Waals surface area contributed by atoms with E-state index in [1.165, 1.54) is 12.1 Å². The van der Waals surface area contributed by atoms with Crippen molar-refractivity contribution in [1.82, 2.24) is 20.4 Å². The maximum absolute atomic E-state index is 15.2. The molecule has 1 aromatic heterocycles. The number of fused-ring (bicyclic) bond motifs is 1. The van der Waals surface area contributed by atoms with E-state index in [1.54, 1.807) is 51.1 Å². The number of hydrogen-bond donors (Lipinski definition) is 2. The Kier molecular flexibility index (Phi) is 8.77. The summed E-state index contributed by atoms with van der Waals surface area (Å²) in [7, 11) is 0. The van der Waals surface area contributed by atoms with Crippen LogP contribution in [0.5, 0.6) is 0 Å². The highest BCUT2D eigenvalue weighted by molar-refractivity contribution is 7.99. The average Bonchev–Trinajstić information content (AvgIpc) is 3.38. The summed E-state index contributed by atoms with van der Waals surface area (Å²) in [5.74, 6) is -5.89. The number of carbonyl (C=O) groups is 3. The van der Waals surface area contributed by atoms with Gasteiger partial charge in [0.25, 0.3) is 5.92 Å². The molecule has 0 aliphatic carbocycles. The number of piperidine rings is 1. The fraction of sp³-hybridized carbons (Fsp3) is 0.414. The Balaban J connectivity index is 1.29. The molecule has 3 heterocycles. The quantitative estimate of drug-likeness (QED) is 0.369. The van der Waals surface area contributed by atoms with Crippen LogP contribution in [0.25, 0.3) is 11.4 Å². The minimum Gasteiger partial charge on any atom is -0.445 e. The highest BCUT2D eigenvalue weighted by atomic mass is 32.2. The van der Waals surface area contributed by atoms with Crippen molar-refractivity contribution < 1.29 is 41.6 Å². The van der Waals surface area contributed by atoms with Gasteiger partial charge < -0.3 is 29.5 Å². The molecule has 1 fully saturated rings. The van der Waals surface area contributed by atoms with E-state index in [0.717, 1.165) is 16.7 Å². The first kappa shape index (κ1) is 31.2. The summed E-state index contributed by atoms with van der Waals surface area (Å²) in [6, 6.07) is 10.3. The van der Waals surface area contributed by atoms with Crippen LogP contribution in [0.1, 0.15) is 44.6 Å². The summed E-state index contributed by atoms with van der Waals surface area (Å²) in [6.07, 6.45) is -2.35. The van der Waals surface area contributed by atoms with Crippen molar-refractivity contribution in [3.05, 3.63) is 59.7 Å². The third-order valence-corrected chi connectivity index (χ3v) is 7.79. The fourth-order valence-corrected chi connectivity index (χ4v) is 5.73. The topological polar surface area (TPSA) is 136 Å². The van der Waals surface area contributed by atoms with Gasteiger partial charge in [0.1, 0.15) is 24.1 Å². The zero-order valence-corrected chi connectivity index (χ0v) is 24.9. The second-order valence-corrected chi connectivity index (χ2v) is 12.5. The molecule has 2 aromatic carbocycles. The number of likely N-dealkylation sites (tertiary alicyclic amines) is 1. The van der Waals surface area contributed by atoms with E-state index in [9.17, 15) is 23.2 Å². The summed E-state index contributed by atoms with van der Waals surface area (Å²) in [5, 5.41) is 8.97. The van der Waals surface area contributed by atoms with Gasteiger partial charge in [-0.15, -0.1) is 11.8 Å². The number of rotatable bonds is 5. The molecule has 1 unspecified atom stereocenters. The Morgan fingerprint density at radius 1 is 1.23 bits per heavy atom. The first-order valence-electron chi connectivity index (χ1n) is 13.7. The van der Waals surface area contributed by atoms with E-state index in [1.807, 2.05) is 0 Å². The van der Waals surface area contributed by atoms with Crippen molar-refractivity contribution in [1.29, 1.82) is 0 Å². The van der Waals surface area contributed by atoms with Crippen LogP contribution in [0.3, 0.4) is 0 Å². The maximum Gasteiger partial charge on any atom is 0.410 e. The molecule has 2 N–H and O–H groups in total.